The van der Waals surface area contributed by atoms with E-state index in [1.165, 1.54) is 39.3 Å². The van der Waals surface area contributed by atoms with E-state index in [4.69, 9.17) is 4.98 Å². The molecule has 4 heterocycles. The summed E-state index contributed by atoms with van der Waals surface area (Å²) in [5.74, 6) is 1.16. The van der Waals surface area contributed by atoms with E-state index in [2.05, 4.69) is 98.2 Å². The highest BCUT2D eigenvalue weighted by Crippen LogP contribution is 2.53. The molecule has 4 heteroatoms. The van der Waals surface area contributed by atoms with Gasteiger partial charge in [-0.1, -0.05) is 39.8 Å². The zero-order chi connectivity index (χ0) is 20.3. The maximum Gasteiger partial charge on any atom is 0.196 e. The molecule has 2 aromatic carbocycles. The lowest BCUT2D eigenvalue weighted by Gasteiger charge is -2.47. The molecule has 2 aliphatic rings. The van der Waals surface area contributed by atoms with E-state index in [9.17, 15) is 0 Å². The monoisotopic (exact) mass is 383 g/mol. The van der Waals surface area contributed by atoms with Crippen molar-refractivity contribution in [1.82, 2.24) is 14.2 Å². The zero-order valence-electron chi connectivity index (χ0n) is 18.0. The molecule has 0 saturated carbocycles. The fourth-order valence-corrected chi connectivity index (χ4v) is 5.64. The molecule has 0 aliphatic carbocycles. The summed E-state index contributed by atoms with van der Waals surface area (Å²) in [5, 5.41) is 0. The number of nitrogens with zero attached hydrogens (tertiary/aromatic N) is 4. The van der Waals surface area contributed by atoms with E-state index >= 15 is 0 Å². The molecule has 0 spiro atoms. The molecule has 0 fully saturated rings. The summed E-state index contributed by atoms with van der Waals surface area (Å²) in [7, 11) is 2.15. The van der Waals surface area contributed by atoms with Crippen LogP contribution in [0.3, 0.4) is 0 Å². The Morgan fingerprint density at radius 1 is 1.03 bits per heavy atom. The second-order valence-corrected chi connectivity index (χ2v) is 9.78. The molecule has 2 aromatic heterocycles. The molecule has 6 rings (SSSR count). The number of imidazole rings is 1. The van der Waals surface area contributed by atoms with Gasteiger partial charge in [-0.05, 0) is 41.8 Å². The number of benzene rings is 2. The lowest BCUT2D eigenvalue weighted by molar-refractivity contribution is -0.745. The number of hydrogen-bond donors (Lipinski definition) is 0. The molecule has 0 atom stereocenters. The van der Waals surface area contributed by atoms with Crippen molar-refractivity contribution in [3.8, 4) is 11.4 Å². The van der Waals surface area contributed by atoms with E-state index in [0.29, 0.717) is 0 Å². The Kier molecular flexibility index (Phi) is 2.93. The maximum atomic E-state index is 4.97. The molecule has 146 valence electrons. The molecule has 0 bridgehead atoms. The van der Waals surface area contributed by atoms with Crippen LogP contribution in [0.5, 0.6) is 0 Å². The molecule has 0 unspecified atom stereocenters. The predicted octanol–water partition coefficient (Wildman–Crippen LogP) is 4.42. The van der Waals surface area contributed by atoms with Crippen LogP contribution in [0, 0.1) is 6.92 Å². The Morgan fingerprint density at radius 2 is 1.79 bits per heavy atom. The average molecular weight is 384 g/mol. The molecular weight excluding hydrogens is 356 g/mol. The van der Waals surface area contributed by atoms with Gasteiger partial charge in [0.15, 0.2) is 13.2 Å². The molecule has 29 heavy (non-hydrogen) atoms. The van der Waals surface area contributed by atoms with Crippen LogP contribution in [0.2, 0.25) is 0 Å². The van der Waals surface area contributed by atoms with Crippen molar-refractivity contribution in [1.29, 1.82) is 0 Å². The van der Waals surface area contributed by atoms with Crippen molar-refractivity contribution in [2.75, 3.05) is 0 Å². The van der Waals surface area contributed by atoms with Crippen LogP contribution in [0.15, 0.2) is 42.6 Å². The van der Waals surface area contributed by atoms with Crippen molar-refractivity contribution in [3.63, 3.8) is 0 Å². The number of rotatable bonds is 0. The van der Waals surface area contributed by atoms with Crippen LogP contribution in [0.4, 0.5) is 0 Å². The first kappa shape index (κ1) is 17.0. The minimum absolute atomic E-state index is 0.000372. The minimum Gasteiger partial charge on any atom is -0.296 e. The highest BCUT2D eigenvalue weighted by molar-refractivity contribution is 5.81. The second kappa shape index (κ2) is 4.99. The fourth-order valence-electron chi connectivity index (χ4n) is 5.64. The molecular formula is C25H27N4+. The summed E-state index contributed by atoms with van der Waals surface area (Å²) < 4.78 is 7.04. The Balaban J connectivity index is 1.76. The van der Waals surface area contributed by atoms with Crippen molar-refractivity contribution in [2.24, 2.45) is 7.05 Å². The Bertz CT molecular complexity index is 1350. The highest BCUT2D eigenvalue weighted by Gasteiger charge is 2.51. The molecule has 4 nitrogen and oxygen atoms in total. The topological polar surface area (TPSA) is 26.6 Å². The van der Waals surface area contributed by atoms with Gasteiger partial charge in [0.1, 0.15) is 11.5 Å². The van der Waals surface area contributed by atoms with Crippen LogP contribution in [0.1, 0.15) is 55.9 Å². The fraction of sp³-hybridized carbons (Fsp3) is 0.360. The number of hydrogen-bond acceptors (Lipinski definition) is 1. The lowest BCUT2D eigenvalue weighted by atomic mass is 9.59. The van der Waals surface area contributed by atoms with Crippen molar-refractivity contribution >= 4 is 11.0 Å². The van der Waals surface area contributed by atoms with E-state index in [1.807, 2.05) is 0 Å². The van der Waals surface area contributed by atoms with Gasteiger partial charge in [0.2, 0.25) is 0 Å². The summed E-state index contributed by atoms with van der Waals surface area (Å²) in [5.41, 5.74) is 10.6. The lowest BCUT2D eigenvalue weighted by Crippen LogP contribution is -2.51. The Labute approximate surface area is 171 Å². The van der Waals surface area contributed by atoms with E-state index in [-0.39, 0.29) is 10.8 Å². The first-order chi connectivity index (χ1) is 13.7. The number of fused-ring (bicyclic) bond motifs is 9. The second-order valence-electron chi connectivity index (χ2n) is 9.78. The first-order valence-corrected chi connectivity index (χ1v) is 10.5. The van der Waals surface area contributed by atoms with E-state index in [0.717, 1.165) is 17.8 Å². The number of para-hydroxylation sites is 2. The molecule has 2 aliphatic heterocycles. The number of aryl methyl sites for hydroxylation is 2. The van der Waals surface area contributed by atoms with Gasteiger partial charge in [-0.15, -0.1) is 9.36 Å². The van der Waals surface area contributed by atoms with Crippen LogP contribution in [-0.2, 0) is 24.3 Å². The standard InChI is InChI=1S/C25H27N4/c1-15-13-19-16(14-21-26-17-9-7-8-10-18(17)28(19)21)22-23(15)29-20(11-12-27(29)6)24(2,3)25(22,4)5/h7-13H,14H2,1-6H3/q+1. The van der Waals surface area contributed by atoms with Gasteiger partial charge < -0.3 is 0 Å². The van der Waals surface area contributed by atoms with E-state index in [1.54, 1.807) is 0 Å². The Hall–Kier alpha value is -2.88. The van der Waals surface area contributed by atoms with Crippen LogP contribution >= 0.6 is 0 Å². The van der Waals surface area contributed by atoms with Crippen molar-refractivity contribution in [3.05, 3.63) is 70.8 Å². The molecule has 4 aromatic rings. The van der Waals surface area contributed by atoms with Crippen molar-refractivity contribution in [2.45, 2.75) is 51.9 Å². The number of aromatic nitrogens is 4. The third-order valence-electron chi connectivity index (χ3n) is 7.81. The summed E-state index contributed by atoms with van der Waals surface area (Å²) in [6.45, 7) is 11.9. The summed E-state index contributed by atoms with van der Waals surface area (Å²) in [6, 6.07) is 13.1. The molecule has 0 radical (unpaired) electrons. The SMILES string of the molecule is Cc1cc2c(c3c1-n1c(cc[n+]1C)C(C)(C)C3(C)C)Cc1nc3ccccc3n1-2. The predicted molar refractivity (Wildman–Crippen MR) is 115 cm³/mol. The van der Waals surface area contributed by atoms with Gasteiger partial charge in [0.05, 0.1) is 22.4 Å². The van der Waals surface area contributed by atoms with Crippen LogP contribution in [-0.4, -0.2) is 14.2 Å². The van der Waals surface area contributed by atoms with Gasteiger partial charge >= 0.3 is 0 Å². The third-order valence-corrected chi connectivity index (χ3v) is 7.81. The maximum absolute atomic E-state index is 4.97. The third kappa shape index (κ3) is 1.81. The Morgan fingerprint density at radius 3 is 2.59 bits per heavy atom. The normalized spacial score (nSPS) is 17.7. The molecule has 0 N–H and O–H groups in total. The van der Waals surface area contributed by atoms with Gasteiger partial charge in [-0.25, -0.2) is 4.98 Å². The van der Waals surface area contributed by atoms with Gasteiger partial charge in [-0.2, -0.15) is 0 Å². The van der Waals surface area contributed by atoms with Crippen LogP contribution < -0.4 is 4.68 Å². The average Bonchev–Trinajstić information content (AvgIpc) is 3.31. The molecule has 0 amide bonds. The molecule has 0 saturated heterocycles. The summed E-state index contributed by atoms with van der Waals surface area (Å²) in [6.07, 6.45) is 3.08. The summed E-state index contributed by atoms with van der Waals surface area (Å²) >= 11 is 0. The minimum atomic E-state index is -0.000372. The quantitative estimate of drug-likeness (QED) is 0.364. The van der Waals surface area contributed by atoms with Gasteiger partial charge in [-0.3, -0.25) is 4.57 Å². The summed E-state index contributed by atoms with van der Waals surface area (Å²) in [4.78, 5) is 4.97. The van der Waals surface area contributed by atoms with Crippen LogP contribution in [0.25, 0.3) is 22.4 Å². The van der Waals surface area contributed by atoms with Gasteiger partial charge in [0, 0.05) is 23.3 Å². The first-order valence-electron chi connectivity index (χ1n) is 10.5. The van der Waals surface area contributed by atoms with E-state index < -0.39 is 0 Å². The zero-order valence-corrected chi connectivity index (χ0v) is 18.0. The van der Waals surface area contributed by atoms with Gasteiger partial charge in [0.25, 0.3) is 0 Å². The smallest absolute Gasteiger partial charge is 0.196 e. The highest BCUT2D eigenvalue weighted by atomic mass is 15.4. The van der Waals surface area contributed by atoms with Crippen molar-refractivity contribution < 1.29 is 4.68 Å². The largest absolute Gasteiger partial charge is 0.296 e.